The van der Waals surface area contributed by atoms with Crippen molar-refractivity contribution in [2.45, 2.75) is 26.6 Å². The zero-order chi connectivity index (χ0) is 14.7. The van der Waals surface area contributed by atoms with Gasteiger partial charge in [-0.3, -0.25) is 4.68 Å². The Labute approximate surface area is 129 Å². The van der Waals surface area contributed by atoms with Crippen LogP contribution in [0.1, 0.15) is 18.2 Å². The topological polar surface area (TPSA) is 29.9 Å². The summed E-state index contributed by atoms with van der Waals surface area (Å²) in [5, 5.41) is 10.1. The first kappa shape index (κ1) is 14.1. The molecule has 0 spiro atoms. The number of aromatic nitrogens is 2. The van der Waals surface area contributed by atoms with Crippen molar-refractivity contribution in [1.82, 2.24) is 15.1 Å². The third-order valence-corrected chi connectivity index (χ3v) is 3.82. The molecule has 0 aliphatic heterocycles. The van der Waals surface area contributed by atoms with Crippen LogP contribution in [0.15, 0.2) is 48.5 Å². The molecule has 0 aliphatic carbocycles. The summed E-state index contributed by atoms with van der Waals surface area (Å²) < 4.78 is 2.05. The Morgan fingerprint density at radius 2 is 1.81 bits per heavy atom. The largest absolute Gasteiger partial charge is 0.307 e. The molecule has 1 aromatic heterocycles. The molecule has 0 aliphatic rings. The lowest BCUT2D eigenvalue weighted by Crippen LogP contribution is -2.13. The smallest absolute Gasteiger partial charge is 0.0841 e. The summed E-state index contributed by atoms with van der Waals surface area (Å²) in [5.74, 6) is 0. The fourth-order valence-corrected chi connectivity index (χ4v) is 2.62. The molecule has 1 N–H and O–H groups in total. The van der Waals surface area contributed by atoms with Gasteiger partial charge in [0.2, 0.25) is 0 Å². The predicted molar refractivity (Wildman–Crippen MR) is 87.4 cm³/mol. The van der Waals surface area contributed by atoms with Crippen molar-refractivity contribution in [2.75, 3.05) is 0 Å². The monoisotopic (exact) mass is 299 g/mol. The molecule has 108 valence electrons. The number of rotatable bonds is 5. The van der Waals surface area contributed by atoms with E-state index in [2.05, 4.69) is 46.3 Å². The first-order chi connectivity index (χ1) is 10.3. The SMILES string of the molecule is CCn1nc(CNCc2ccc(Cl)cc2)c2ccccc21. The highest BCUT2D eigenvalue weighted by Gasteiger charge is 2.08. The number of fused-ring (bicyclic) bond motifs is 1. The number of nitrogens with one attached hydrogen (secondary N) is 1. The summed E-state index contributed by atoms with van der Waals surface area (Å²) in [6.07, 6.45) is 0. The number of para-hydroxylation sites is 1. The first-order valence-electron chi connectivity index (χ1n) is 7.17. The maximum Gasteiger partial charge on any atom is 0.0841 e. The third-order valence-electron chi connectivity index (χ3n) is 3.57. The summed E-state index contributed by atoms with van der Waals surface area (Å²) in [6, 6.07) is 16.3. The van der Waals surface area contributed by atoms with Crippen LogP contribution in [0.3, 0.4) is 0 Å². The Morgan fingerprint density at radius 1 is 1.05 bits per heavy atom. The molecule has 0 atom stereocenters. The van der Waals surface area contributed by atoms with Gasteiger partial charge in [-0.05, 0) is 30.7 Å². The molecule has 0 amide bonds. The lowest BCUT2D eigenvalue weighted by atomic mass is 10.2. The molecule has 2 aromatic carbocycles. The maximum atomic E-state index is 5.89. The van der Waals surface area contributed by atoms with Gasteiger partial charge in [0.1, 0.15) is 0 Å². The van der Waals surface area contributed by atoms with E-state index in [1.165, 1.54) is 16.5 Å². The first-order valence-corrected chi connectivity index (χ1v) is 7.55. The second-order valence-corrected chi connectivity index (χ2v) is 5.45. The molecule has 3 aromatic rings. The molecule has 3 rings (SSSR count). The minimum atomic E-state index is 0.760. The minimum absolute atomic E-state index is 0.760. The number of hydrogen-bond acceptors (Lipinski definition) is 2. The Bertz CT molecular complexity index is 731. The molecule has 4 heteroatoms. The average molecular weight is 300 g/mol. The van der Waals surface area contributed by atoms with Gasteiger partial charge in [-0.15, -0.1) is 0 Å². The van der Waals surface area contributed by atoms with Crippen LogP contribution in [0.2, 0.25) is 5.02 Å². The van der Waals surface area contributed by atoms with Crippen molar-refractivity contribution in [3.63, 3.8) is 0 Å². The number of nitrogens with zero attached hydrogens (tertiary/aromatic N) is 2. The third kappa shape index (κ3) is 3.09. The van der Waals surface area contributed by atoms with Crippen LogP contribution < -0.4 is 5.32 Å². The molecule has 21 heavy (non-hydrogen) atoms. The Morgan fingerprint density at radius 3 is 2.57 bits per heavy atom. The summed E-state index contributed by atoms with van der Waals surface area (Å²) in [6.45, 7) is 4.57. The van der Waals surface area contributed by atoms with Gasteiger partial charge in [-0.2, -0.15) is 5.10 Å². The van der Waals surface area contributed by atoms with Gasteiger partial charge in [0.15, 0.2) is 0 Å². The lowest BCUT2D eigenvalue weighted by Gasteiger charge is -2.03. The standard InChI is InChI=1S/C17H18ClN3/c1-2-21-17-6-4-3-5-15(17)16(20-21)12-19-11-13-7-9-14(18)10-8-13/h3-10,19H,2,11-12H2,1H3. The van der Waals surface area contributed by atoms with Crippen LogP contribution in [-0.4, -0.2) is 9.78 Å². The fraction of sp³-hybridized carbons (Fsp3) is 0.235. The van der Waals surface area contributed by atoms with Gasteiger partial charge < -0.3 is 5.32 Å². The van der Waals surface area contributed by atoms with E-state index in [-0.39, 0.29) is 0 Å². The molecule has 0 saturated carbocycles. The molecule has 0 saturated heterocycles. The number of aryl methyl sites for hydroxylation is 1. The molecule has 0 bridgehead atoms. The molecule has 0 fully saturated rings. The summed E-state index contributed by atoms with van der Waals surface area (Å²) in [5.41, 5.74) is 3.52. The lowest BCUT2D eigenvalue weighted by molar-refractivity contribution is 0.632. The second-order valence-electron chi connectivity index (χ2n) is 5.01. The predicted octanol–water partition coefficient (Wildman–Crippen LogP) is 4.00. The van der Waals surface area contributed by atoms with Crippen LogP contribution >= 0.6 is 11.6 Å². The minimum Gasteiger partial charge on any atom is -0.307 e. The Kier molecular flexibility index (Phi) is 4.23. The highest BCUT2D eigenvalue weighted by Crippen LogP contribution is 2.18. The van der Waals surface area contributed by atoms with Crippen LogP contribution in [0.25, 0.3) is 10.9 Å². The summed E-state index contributed by atoms with van der Waals surface area (Å²) in [7, 11) is 0. The van der Waals surface area contributed by atoms with Gasteiger partial charge in [-0.25, -0.2) is 0 Å². The highest BCUT2D eigenvalue weighted by atomic mass is 35.5. The van der Waals surface area contributed by atoms with Gasteiger partial charge >= 0.3 is 0 Å². The van der Waals surface area contributed by atoms with E-state index in [0.29, 0.717) is 0 Å². The highest BCUT2D eigenvalue weighted by molar-refractivity contribution is 6.30. The van der Waals surface area contributed by atoms with E-state index in [9.17, 15) is 0 Å². The van der Waals surface area contributed by atoms with Gasteiger partial charge in [0, 0.05) is 30.0 Å². The quantitative estimate of drug-likeness (QED) is 0.772. The molecule has 1 heterocycles. The van der Waals surface area contributed by atoms with Gasteiger partial charge in [0.25, 0.3) is 0 Å². The van der Waals surface area contributed by atoms with E-state index >= 15 is 0 Å². The van der Waals surface area contributed by atoms with Crippen LogP contribution in [0, 0.1) is 0 Å². The van der Waals surface area contributed by atoms with Crippen molar-refractivity contribution in [2.24, 2.45) is 0 Å². The van der Waals surface area contributed by atoms with Gasteiger partial charge in [-0.1, -0.05) is 41.9 Å². The summed E-state index contributed by atoms with van der Waals surface area (Å²) in [4.78, 5) is 0. The van der Waals surface area contributed by atoms with Crippen LogP contribution in [0.4, 0.5) is 0 Å². The summed E-state index contributed by atoms with van der Waals surface area (Å²) >= 11 is 5.89. The molecule has 0 unspecified atom stereocenters. The maximum absolute atomic E-state index is 5.89. The van der Waals surface area contributed by atoms with Crippen molar-refractivity contribution in [1.29, 1.82) is 0 Å². The zero-order valence-corrected chi connectivity index (χ0v) is 12.8. The molecule has 3 nitrogen and oxygen atoms in total. The fourth-order valence-electron chi connectivity index (χ4n) is 2.50. The van der Waals surface area contributed by atoms with E-state index in [0.717, 1.165) is 30.4 Å². The number of hydrogen-bond donors (Lipinski definition) is 1. The van der Waals surface area contributed by atoms with Crippen molar-refractivity contribution in [3.8, 4) is 0 Å². The van der Waals surface area contributed by atoms with E-state index < -0.39 is 0 Å². The van der Waals surface area contributed by atoms with E-state index in [1.807, 2.05) is 24.3 Å². The van der Waals surface area contributed by atoms with Gasteiger partial charge in [0.05, 0.1) is 11.2 Å². The van der Waals surface area contributed by atoms with E-state index in [4.69, 9.17) is 11.6 Å². The van der Waals surface area contributed by atoms with Crippen molar-refractivity contribution >= 4 is 22.5 Å². The number of benzene rings is 2. The van der Waals surface area contributed by atoms with Crippen LogP contribution in [-0.2, 0) is 19.6 Å². The average Bonchev–Trinajstić information content (AvgIpc) is 2.88. The molecular formula is C17H18ClN3. The van der Waals surface area contributed by atoms with Crippen molar-refractivity contribution in [3.05, 3.63) is 64.8 Å². The Hall–Kier alpha value is -1.84. The molecular weight excluding hydrogens is 282 g/mol. The molecule has 0 radical (unpaired) electrons. The zero-order valence-electron chi connectivity index (χ0n) is 12.0. The second kappa shape index (κ2) is 6.29. The number of halogens is 1. The van der Waals surface area contributed by atoms with E-state index in [1.54, 1.807) is 0 Å². The normalized spacial score (nSPS) is 11.1. The van der Waals surface area contributed by atoms with Crippen LogP contribution in [0.5, 0.6) is 0 Å². The Balaban J connectivity index is 1.72. The van der Waals surface area contributed by atoms with Crippen molar-refractivity contribution < 1.29 is 0 Å².